The number of ether oxygens (including phenoxy) is 1. The molecule has 2 N–H and O–H groups in total. The van der Waals surface area contributed by atoms with Crippen LogP contribution < -0.4 is 5.73 Å². The summed E-state index contributed by atoms with van der Waals surface area (Å²) in [6.45, 7) is 2.84. The summed E-state index contributed by atoms with van der Waals surface area (Å²) in [7, 11) is 0. The van der Waals surface area contributed by atoms with E-state index in [2.05, 4.69) is 9.36 Å². The molecule has 1 unspecified atom stereocenters. The molecule has 0 aliphatic carbocycles. The fourth-order valence-corrected chi connectivity index (χ4v) is 2.10. The van der Waals surface area contributed by atoms with Crippen LogP contribution in [-0.4, -0.2) is 16.0 Å². The van der Waals surface area contributed by atoms with Crippen LogP contribution >= 0.6 is 11.5 Å². The van der Waals surface area contributed by atoms with Gasteiger partial charge in [0, 0.05) is 18.1 Å². The second-order valence-electron chi connectivity index (χ2n) is 3.49. The van der Waals surface area contributed by atoms with Crippen LogP contribution in [0.2, 0.25) is 0 Å². The van der Waals surface area contributed by atoms with Crippen LogP contribution in [-0.2, 0) is 10.3 Å². The highest BCUT2D eigenvalue weighted by Gasteiger charge is 2.33. The third kappa shape index (κ3) is 1.66. The van der Waals surface area contributed by atoms with E-state index in [0.717, 1.165) is 25.3 Å². The van der Waals surface area contributed by atoms with Crippen LogP contribution in [0.4, 0.5) is 5.13 Å². The van der Waals surface area contributed by atoms with Gasteiger partial charge in [0.1, 0.15) is 5.60 Å². The van der Waals surface area contributed by atoms with E-state index in [4.69, 9.17) is 10.5 Å². The van der Waals surface area contributed by atoms with Gasteiger partial charge in [-0.05, 0) is 26.2 Å². The van der Waals surface area contributed by atoms with Gasteiger partial charge in [-0.25, -0.2) is 4.98 Å². The molecule has 1 atom stereocenters. The Kier molecular flexibility index (Phi) is 2.21. The van der Waals surface area contributed by atoms with Crippen LogP contribution in [0, 0.1) is 0 Å². The molecule has 0 radical (unpaired) electrons. The van der Waals surface area contributed by atoms with Crippen molar-refractivity contribution < 1.29 is 4.74 Å². The van der Waals surface area contributed by atoms with E-state index in [1.165, 1.54) is 18.0 Å². The first-order chi connectivity index (χ1) is 6.21. The number of nitrogen functional groups attached to an aromatic ring is 1. The van der Waals surface area contributed by atoms with Crippen molar-refractivity contribution in [2.45, 2.75) is 31.8 Å². The van der Waals surface area contributed by atoms with Crippen LogP contribution in [0.1, 0.15) is 32.0 Å². The quantitative estimate of drug-likeness (QED) is 0.745. The van der Waals surface area contributed by atoms with E-state index in [1.54, 1.807) is 0 Å². The second-order valence-corrected chi connectivity index (χ2v) is 4.28. The van der Waals surface area contributed by atoms with E-state index < -0.39 is 0 Å². The van der Waals surface area contributed by atoms with Crippen molar-refractivity contribution in [2.75, 3.05) is 12.3 Å². The first-order valence-corrected chi connectivity index (χ1v) is 5.22. The predicted octanol–water partition coefficient (Wildman–Crippen LogP) is 1.54. The SMILES string of the molecule is CC1(c2nsc(N)n2)CCCCO1. The Labute approximate surface area is 81.3 Å². The monoisotopic (exact) mass is 199 g/mol. The zero-order chi connectivity index (χ0) is 9.31. The lowest BCUT2D eigenvalue weighted by Gasteiger charge is -2.30. The van der Waals surface area contributed by atoms with Gasteiger partial charge in [-0.2, -0.15) is 4.37 Å². The molecule has 0 saturated carbocycles. The molecular weight excluding hydrogens is 186 g/mol. The normalized spacial score (nSPS) is 29.0. The number of hydrogen-bond acceptors (Lipinski definition) is 5. The van der Waals surface area contributed by atoms with Crippen LogP contribution in [0.25, 0.3) is 0 Å². The molecule has 2 rings (SSSR count). The summed E-state index contributed by atoms with van der Waals surface area (Å²) >= 11 is 1.23. The van der Waals surface area contributed by atoms with Gasteiger partial charge in [-0.15, -0.1) is 0 Å². The molecule has 72 valence electrons. The molecule has 1 aromatic rings. The highest BCUT2D eigenvalue weighted by atomic mass is 32.1. The van der Waals surface area contributed by atoms with Crippen LogP contribution in [0.5, 0.6) is 0 Å². The number of aromatic nitrogens is 2. The minimum absolute atomic E-state index is 0.299. The van der Waals surface area contributed by atoms with Crippen molar-refractivity contribution in [2.24, 2.45) is 0 Å². The molecule has 0 amide bonds. The number of nitrogens with two attached hydrogens (primary N) is 1. The maximum atomic E-state index is 5.69. The highest BCUT2D eigenvalue weighted by molar-refractivity contribution is 7.09. The fourth-order valence-electron chi connectivity index (χ4n) is 1.56. The third-order valence-corrected chi connectivity index (χ3v) is 2.93. The number of nitrogens with zero attached hydrogens (tertiary/aromatic N) is 2. The van der Waals surface area contributed by atoms with Gasteiger partial charge < -0.3 is 10.5 Å². The average Bonchev–Trinajstić information content (AvgIpc) is 2.54. The molecule has 13 heavy (non-hydrogen) atoms. The summed E-state index contributed by atoms with van der Waals surface area (Å²) in [5, 5.41) is 0.519. The van der Waals surface area contributed by atoms with Crippen molar-refractivity contribution in [3.8, 4) is 0 Å². The Morgan fingerprint density at radius 2 is 2.38 bits per heavy atom. The summed E-state index contributed by atoms with van der Waals surface area (Å²) in [6, 6.07) is 0. The van der Waals surface area contributed by atoms with Crippen molar-refractivity contribution >= 4 is 16.7 Å². The zero-order valence-corrected chi connectivity index (χ0v) is 8.43. The molecule has 1 saturated heterocycles. The first-order valence-electron chi connectivity index (χ1n) is 4.44. The Morgan fingerprint density at radius 3 is 2.92 bits per heavy atom. The summed E-state index contributed by atoms with van der Waals surface area (Å²) in [5.74, 6) is 0.745. The molecule has 1 aromatic heterocycles. The molecular formula is C8H13N3OS. The number of hydrogen-bond donors (Lipinski definition) is 1. The van der Waals surface area contributed by atoms with Crippen molar-refractivity contribution in [1.29, 1.82) is 0 Å². The predicted molar refractivity (Wildman–Crippen MR) is 51.5 cm³/mol. The number of anilines is 1. The first kappa shape index (κ1) is 8.90. The van der Waals surface area contributed by atoms with E-state index in [-0.39, 0.29) is 5.60 Å². The third-order valence-electron chi connectivity index (χ3n) is 2.38. The van der Waals surface area contributed by atoms with E-state index in [9.17, 15) is 0 Å². The van der Waals surface area contributed by atoms with Crippen molar-refractivity contribution in [1.82, 2.24) is 9.36 Å². The van der Waals surface area contributed by atoms with Gasteiger partial charge in [0.15, 0.2) is 11.0 Å². The van der Waals surface area contributed by atoms with Crippen molar-refractivity contribution in [3.63, 3.8) is 0 Å². The zero-order valence-electron chi connectivity index (χ0n) is 7.62. The molecule has 0 bridgehead atoms. The lowest BCUT2D eigenvalue weighted by atomic mass is 9.95. The van der Waals surface area contributed by atoms with E-state index >= 15 is 0 Å². The minimum atomic E-state index is -0.299. The van der Waals surface area contributed by atoms with Gasteiger partial charge in [0.2, 0.25) is 0 Å². The lowest BCUT2D eigenvalue weighted by molar-refractivity contribution is -0.0752. The van der Waals surface area contributed by atoms with Gasteiger partial charge in [-0.1, -0.05) is 0 Å². The van der Waals surface area contributed by atoms with Crippen LogP contribution in [0.3, 0.4) is 0 Å². The van der Waals surface area contributed by atoms with Gasteiger partial charge in [0.25, 0.3) is 0 Å². The Hall–Kier alpha value is -0.680. The summed E-state index contributed by atoms with van der Waals surface area (Å²) in [6.07, 6.45) is 3.30. The van der Waals surface area contributed by atoms with E-state index in [0.29, 0.717) is 5.13 Å². The molecule has 5 heteroatoms. The highest BCUT2D eigenvalue weighted by Crippen LogP contribution is 2.33. The maximum Gasteiger partial charge on any atom is 0.200 e. The standard InChI is InChI=1S/C8H13N3OS/c1-8(4-2-3-5-12-8)6-10-7(9)13-11-6/h2-5H2,1H3,(H2,9,10,11). The Balaban J connectivity index is 2.22. The molecule has 0 aromatic carbocycles. The fraction of sp³-hybridized carbons (Fsp3) is 0.750. The van der Waals surface area contributed by atoms with Gasteiger partial charge in [0.05, 0.1) is 0 Å². The molecule has 4 nitrogen and oxygen atoms in total. The Morgan fingerprint density at radius 1 is 1.54 bits per heavy atom. The average molecular weight is 199 g/mol. The molecule has 0 spiro atoms. The van der Waals surface area contributed by atoms with Crippen molar-refractivity contribution in [3.05, 3.63) is 5.82 Å². The summed E-state index contributed by atoms with van der Waals surface area (Å²) in [4.78, 5) is 4.17. The molecule has 1 aliphatic rings. The largest absolute Gasteiger partial charge is 0.374 e. The van der Waals surface area contributed by atoms with Gasteiger partial charge in [-0.3, -0.25) is 0 Å². The maximum absolute atomic E-state index is 5.69. The smallest absolute Gasteiger partial charge is 0.200 e. The minimum Gasteiger partial charge on any atom is -0.374 e. The van der Waals surface area contributed by atoms with E-state index in [1.807, 2.05) is 6.92 Å². The summed E-state index contributed by atoms with van der Waals surface area (Å²) in [5.41, 5.74) is 5.23. The van der Waals surface area contributed by atoms with Crippen LogP contribution in [0.15, 0.2) is 0 Å². The number of rotatable bonds is 1. The Bertz CT molecular complexity index is 293. The second kappa shape index (κ2) is 3.23. The molecule has 1 fully saturated rings. The van der Waals surface area contributed by atoms with Gasteiger partial charge >= 0.3 is 0 Å². The lowest BCUT2D eigenvalue weighted by Crippen LogP contribution is -2.31. The topological polar surface area (TPSA) is 61.0 Å². The molecule has 1 aliphatic heterocycles. The molecule has 2 heterocycles. The summed E-state index contributed by atoms with van der Waals surface area (Å²) < 4.78 is 9.88.